The largest absolute Gasteiger partial charge is 0.489 e. The fraction of sp³-hybridized carbons (Fsp3) is 0.308. The SMILES string of the molecule is C=C(CC)COc1cc(C(=O)O)ccc1C. The Hall–Kier alpha value is -1.77. The van der Waals surface area contributed by atoms with Crippen molar-refractivity contribution in [2.75, 3.05) is 6.61 Å². The normalized spacial score (nSPS) is 9.88. The van der Waals surface area contributed by atoms with Crippen LogP contribution in [-0.4, -0.2) is 17.7 Å². The van der Waals surface area contributed by atoms with Gasteiger partial charge in [-0.3, -0.25) is 0 Å². The molecule has 0 heterocycles. The summed E-state index contributed by atoms with van der Waals surface area (Å²) in [4.78, 5) is 10.8. The van der Waals surface area contributed by atoms with E-state index in [4.69, 9.17) is 9.84 Å². The fourth-order valence-electron chi connectivity index (χ4n) is 1.17. The molecule has 1 N–H and O–H groups in total. The minimum absolute atomic E-state index is 0.239. The lowest BCUT2D eigenvalue weighted by Gasteiger charge is -2.10. The lowest BCUT2D eigenvalue weighted by Crippen LogP contribution is -2.03. The van der Waals surface area contributed by atoms with Crippen molar-refractivity contribution < 1.29 is 14.6 Å². The minimum atomic E-state index is -0.945. The van der Waals surface area contributed by atoms with E-state index in [0.717, 1.165) is 17.6 Å². The molecule has 1 aromatic rings. The van der Waals surface area contributed by atoms with Crippen molar-refractivity contribution in [1.82, 2.24) is 0 Å². The topological polar surface area (TPSA) is 46.5 Å². The van der Waals surface area contributed by atoms with Crippen molar-refractivity contribution in [3.63, 3.8) is 0 Å². The van der Waals surface area contributed by atoms with E-state index in [2.05, 4.69) is 6.58 Å². The van der Waals surface area contributed by atoms with Gasteiger partial charge >= 0.3 is 5.97 Å². The van der Waals surface area contributed by atoms with Gasteiger partial charge in [0.25, 0.3) is 0 Å². The van der Waals surface area contributed by atoms with Crippen molar-refractivity contribution in [1.29, 1.82) is 0 Å². The number of aromatic carboxylic acids is 1. The summed E-state index contributed by atoms with van der Waals surface area (Å²) >= 11 is 0. The minimum Gasteiger partial charge on any atom is -0.489 e. The molecule has 3 nitrogen and oxygen atoms in total. The Kier molecular flexibility index (Phi) is 4.11. The van der Waals surface area contributed by atoms with Crippen LogP contribution in [0.2, 0.25) is 0 Å². The van der Waals surface area contributed by atoms with E-state index in [1.807, 2.05) is 13.8 Å². The van der Waals surface area contributed by atoms with E-state index in [9.17, 15) is 4.79 Å². The second kappa shape index (κ2) is 5.35. The van der Waals surface area contributed by atoms with Gasteiger partial charge in [0, 0.05) is 0 Å². The number of ether oxygens (including phenoxy) is 1. The maximum Gasteiger partial charge on any atom is 0.335 e. The van der Waals surface area contributed by atoms with Gasteiger partial charge in [0.05, 0.1) is 5.56 Å². The van der Waals surface area contributed by atoms with Gasteiger partial charge in [-0.05, 0) is 36.6 Å². The third kappa shape index (κ3) is 3.12. The zero-order valence-corrected chi connectivity index (χ0v) is 9.62. The van der Waals surface area contributed by atoms with Crippen LogP contribution < -0.4 is 4.74 Å². The Morgan fingerprint density at radius 1 is 1.50 bits per heavy atom. The summed E-state index contributed by atoms with van der Waals surface area (Å²) in [6.07, 6.45) is 0.859. The number of carbonyl (C=O) groups is 1. The molecular formula is C13H16O3. The van der Waals surface area contributed by atoms with Gasteiger partial charge in [-0.25, -0.2) is 4.79 Å². The number of aryl methyl sites for hydroxylation is 1. The van der Waals surface area contributed by atoms with Crippen LogP contribution in [0.4, 0.5) is 0 Å². The lowest BCUT2D eigenvalue weighted by molar-refractivity contribution is 0.0696. The first-order valence-electron chi connectivity index (χ1n) is 5.18. The maximum absolute atomic E-state index is 10.8. The van der Waals surface area contributed by atoms with Crippen molar-refractivity contribution in [2.45, 2.75) is 20.3 Å². The molecule has 1 rings (SSSR count). The summed E-state index contributed by atoms with van der Waals surface area (Å²) in [5.74, 6) is -0.339. The van der Waals surface area contributed by atoms with Crippen LogP contribution in [0, 0.1) is 6.92 Å². The highest BCUT2D eigenvalue weighted by Gasteiger charge is 2.07. The van der Waals surface area contributed by atoms with Gasteiger partial charge in [-0.2, -0.15) is 0 Å². The molecule has 0 unspecified atom stereocenters. The first-order chi connectivity index (χ1) is 7.54. The Bertz CT molecular complexity index is 408. The molecule has 0 saturated carbocycles. The smallest absolute Gasteiger partial charge is 0.335 e. The van der Waals surface area contributed by atoms with Crippen molar-refractivity contribution in [3.05, 3.63) is 41.5 Å². The summed E-state index contributed by atoms with van der Waals surface area (Å²) in [5.41, 5.74) is 2.15. The highest BCUT2D eigenvalue weighted by Crippen LogP contribution is 2.20. The Morgan fingerprint density at radius 3 is 2.75 bits per heavy atom. The average molecular weight is 220 g/mol. The molecular weight excluding hydrogens is 204 g/mol. The molecule has 1 aromatic carbocycles. The number of carboxylic acid groups (broad SMARTS) is 1. The van der Waals surface area contributed by atoms with E-state index in [1.54, 1.807) is 18.2 Å². The number of benzene rings is 1. The monoisotopic (exact) mass is 220 g/mol. The molecule has 0 aromatic heterocycles. The molecule has 0 aliphatic heterocycles. The summed E-state index contributed by atoms with van der Waals surface area (Å²) in [5, 5.41) is 8.85. The third-order valence-corrected chi connectivity index (χ3v) is 2.37. The fourth-order valence-corrected chi connectivity index (χ4v) is 1.17. The Labute approximate surface area is 95.4 Å². The predicted octanol–water partition coefficient (Wildman–Crippen LogP) is 3.04. The van der Waals surface area contributed by atoms with Crippen LogP contribution in [0.15, 0.2) is 30.4 Å². The molecule has 0 atom stereocenters. The van der Waals surface area contributed by atoms with E-state index >= 15 is 0 Å². The molecule has 0 aliphatic carbocycles. The number of carboxylic acids is 1. The Balaban J connectivity index is 2.82. The maximum atomic E-state index is 10.8. The lowest BCUT2D eigenvalue weighted by atomic mass is 10.1. The van der Waals surface area contributed by atoms with Crippen LogP contribution in [0.1, 0.15) is 29.3 Å². The molecule has 0 amide bonds. The van der Waals surface area contributed by atoms with Crippen LogP contribution in [0.5, 0.6) is 5.75 Å². The second-order valence-corrected chi connectivity index (χ2v) is 3.68. The molecule has 3 heteroatoms. The second-order valence-electron chi connectivity index (χ2n) is 3.68. The van der Waals surface area contributed by atoms with E-state index in [0.29, 0.717) is 12.4 Å². The highest BCUT2D eigenvalue weighted by atomic mass is 16.5. The summed E-state index contributed by atoms with van der Waals surface area (Å²) in [6.45, 7) is 8.16. The first kappa shape index (κ1) is 12.3. The molecule has 0 spiro atoms. The first-order valence-corrected chi connectivity index (χ1v) is 5.18. The Morgan fingerprint density at radius 2 is 2.19 bits per heavy atom. The van der Waals surface area contributed by atoms with Crippen LogP contribution in [-0.2, 0) is 0 Å². The summed E-state index contributed by atoms with van der Waals surface area (Å²) < 4.78 is 5.52. The van der Waals surface area contributed by atoms with E-state index in [1.165, 1.54) is 0 Å². The number of hydrogen-bond acceptors (Lipinski definition) is 2. The highest BCUT2D eigenvalue weighted by molar-refractivity contribution is 5.88. The molecule has 0 saturated heterocycles. The van der Waals surface area contributed by atoms with Gasteiger partial charge < -0.3 is 9.84 Å². The van der Waals surface area contributed by atoms with Crippen LogP contribution in [0.25, 0.3) is 0 Å². The molecule has 0 fully saturated rings. The molecule has 16 heavy (non-hydrogen) atoms. The van der Waals surface area contributed by atoms with Gasteiger partial charge in [-0.15, -0.1) is 0 Å². The molecule has 0 bridgehead atoms. The molecule has 0 radical (unpaired) electrons. The third-order valence-electron chi connectivity index (χ3n) is 2.37. The molecule has 86 valence electrons. The van der Waals surface area contributed by atoms with Crippen molar-refractivity contribution in [2.24, 2.45) is 0 Å². The van der Waals surface area contributed by atoms with Crippen LogP contribution >= 0.6 is 0 Å². The predicted molar refractivity (Wildman–Crippen MR) is 63.1 cm³/mol. The van der Waals surface area contributed by atoms with Gasteiger partial charge in [0.15, 0.2) is 0 Å². The van der Waals surface area contributed by atoms with Crippen LogP contribution in [0.3, 0.4) is 0 Å². The zero-order chi connectivity index (χ0) is 12.1. The average Bonchev–Trinajstić information content (AvgIpc) is 2.27. The number of rotatable bonds is 5. The van der Waals surface area contributed by atoms with Gasteiger partial charge in [-0.1, -0.05) is 19.6 Å². The van der Waals surface area contributed by atoms with E-state index in [-0.39, 0.29) is 5.56 Å². The van der Waals surface area contributed by atoms with Crippen molar-refractivity contribution in [3.8, 4) is 5.75 Å². The van der Waals surface area contributed by atoms with Gasteiger partial charge in [0.2, 0.25) is 0 Å². The summed E-state index contributed by atoms with van der Waals surface area (Å²) in [7, 11) is 0. The van der Waals surface area contributed by atoms with Gasteiger partial charge in [0.1, 0.15) is 12.4 Å². The van der Waals surface area contributed by atoms with E-state index < -0.39 is 5.97 Å². The standard InChI is InChI=1S/C13H16O3/c1-4-9(2)8-16-12-7-11(13(14)15)6-5-10(12)3/h5-7H,2,4,8H2,1,3H3,(H,14,15). The quantitative estimate of drug-likeness (QED) is 0.776. The van der Waals surface area contributed by atoms with Crippen molar-refractivity contribution >= 4 is 5.97 Å². The molecule has 0 aliphatic rings. The number of hydrogen-bond donors (Lipinski definition) is 1. The summed E-state index contributed by atoms with van der Waals surface area (Å²) in [6, 6.07) is 4.85. The zero-order valence-electron chi connectivity index (χ0n) is 9.62.